The normalized spacial score (nSPS) is 32.2. The molecule has 3 fully saturated rings. The molecule has 3 amide bonds. The van der Waals surface area contributed by atoms with Crippen molar-refractivity contribution in [2.24, 2.45) is 17.8 Å². The van der Waals surface area contributed by atoms with Crippen molar-refractivity contribution in [3.8, 4) is 0 Å². The summed E-state index contributed by atoms with van der Waals surface area (Å²) in [6.45, 7) is 13.5. The zero-order valence-corrected chi connectivity index (χ0v) is 23.4. The summed E-state index contributed by atoms with van der Waals surface area (Å²) < 4.78 is 6.79. The Morgan fingerprint density at radius 3 is 2.50 bits per heavy atom. The predicted molar refractivity (Wildman–Crippen MR) is 147 cm³/mol. The highest BCUT2D eigenvalue weighted by Crippen LogP contribution is 2.66. The van der Waals surface area contributed by atoms with Gasteiger partial charge >= 0.3 is 0 Å². The highest BCUT2D eigenvalue weighted by atomic mass is 35.5. The smallest absolute Gasteiger partial charge is 0.253 e. The van der Waals surface area contributed by atoms with Crippen LogP contribution in [0.5, 0.6) is 0 Å². The molecule has 0 aromatic heterocycles. The number of anilines is 1. The summed E-state index contributed by atoms with van der Waals surface area (Å²) in [6.07, 6.45) is 4.12. The van der Waals surface area contributed by atoms with Crippen LogP contribution in [0.2, 0.25) is 5.02 Å². The van der Waals surface area contributed by atoms with Gasteiger partial charge in [-0.05, 0) is 37.8 Å². The number of carbonyl (C=O) groups is 3. The van der Waals surface area contributed by atoms with Crippen LogP contribution < -0.4 is 4.90 Å². The van der Waals surface area contributed by atoms with Crippen molar-refractivity contribution < 1.29 is 24.2 Å². The minimum atomic E-state index is -1.22. The molecule has 1 aromatic rings. The van der Waals surface area contributed by atoms with Gasteiger partial charge in [0.2, 0.25) is 11.8 Å². The lowest BCUT2D eigenvalue weighted by Crippen LogP contribution is -2.59. The molecule has 206 valence electrons. The maximum absolute atomic E-state index is 14.6. The molecular formula is C29H38ClN3O5. The fourth-order valence-corrected chi connectivity index (χ4v) is 7.15. The van der Waals surface area contributed by atoms with E-state index in [0.717, 1.165) is 0 Å². The van der Waals surface area contributed by atoms with Crippen molar-refractivity contribution in [3.63, 3.8) is 0 Å². The number of carbonyl (C=O) groups excluding carboxylic acids is 3. The lowest BCUT2D eigenvalue weighted by Gasteiger charge is -2.39. The summed E-state index contributed by atoms with van der Waals surface area (Å²) >= 11 is 6.51. The van der Waals surface area contributed by atoms with Gasteiger partial charge in [-0.25, -0.2) is 0 Å². The fraction of sp³-hybridized carbons (Fsp3) is 0.552. The number of halogens is 1. The van der Waals surface area contributed by atoms with Crippen LogP contribution in [0.25, 0.3) is 0 Å². The van der Waals surface area contributed by atoms with Gasteiger partial charge in [0.15, 0.2) is 0 Å². The molecule has 0 radical (unpaired) electrons. The van der Waals surface area contributed by atoms with E-state index in [1.54, 1.807) is 48.4 Å². The number of para-hydroxylation sites is 1. The SMILES string of the molecule is C=CCN(C)C(=O)[C@@H]1[C@H]2C(=O)N([C@@H](CC)CO)C(C(=O)N(CC=C)c3ccccc3Cl)C23CC(C)[C@@]1(C)O3. The standard InChI is InChI=1S/C29H38ClN3O5/c1-7-14-31(6)25(35)22-23-26(36)33(19(9-3)17-34)24(29(23)16-18(4)28(22,5)38-29)27(37)32(15-8-2)21-13-11-10-12-20(21)30/h7-8,10-13,18-19,22-24,34H,1-2,9,14-17H2,3-6H3/t18?,19-,22-,23-,24?,28+,29?/m0/s1. The largest absolute Gasteiger partial charge is 0.394 e. The van der Waals surface area contributed by atoms with Crippen molar-refractivity contribution in [3.05, 3.63) is 54.6 Å². The highest BCUT2D eigenvalue weighted by molar-refractivity contribution is 6.34. The molecule has 3 aliphatic rings. The van der Waals surface area contributed by atoms with E-state index in [4.69, 9.17) is 16.3 Å². The molecule has 0 saturated carbocycles. The second kappa shape index (κ2) is 10.5. The minimum Gasteiger partial charge on any atom is -0.394 e. The molecule has 3 aliphatic heterocycles. The van der Waals surface area contributed by atoms with Crippen LogP contribution in [0, 0.1) is 17.8 Å². The number of likely N-dealkylation sites (N-methyl/N-ethyl adjacent to an activating group) is 1. The molecule has 1 spiro atoms. The van der Waals surface area contributed by atoms with E-state index in [-0.39, 0.29) is 36.8 Å². The van der Waals surface area contributed by atoms with Gasteiger partial charge in [0.05, 0.1) is 40.8 Å². The Hall–Kier alpha value is -2.68. The van der Waals surface area contributed by atoms with Gasteiger partial charge in [0.1, 0.15) is 11.6 Å². The molecule has 4 rings (SSSR count). The van der Waals surface area contributed by atoms with Crippen molar-refractivity contribution >= 4 is 35.0 Å². The van der Waals surface area contributed by atoms with E-state index in [0.29, 0.717) is 30.1 Å². The number of fused-ring (bicyclic) bond motifs is 1. The first kappa shape index (κ1) is 28.3. The Labute approximate surface area is 229 Å². The predicted octanol–water partition coefficient (Wildman–Crippen LogP) is 3.29. The van der Waals surface area contributed by atoms with Crippen molar-refractivity contribution in [2.45, 2.75) is 56.9 Å². The van der Waals surface area contributed by atoms with Crippen molar-refractivity contribution in [1.82, 2.24) is 9.80 Å². The van der Waals surface area contributed by atoms with Gasteiger partial charge in [-0.15, -0.1) is 13.2 Å². The molecule has 0 aliphatic carbocycles. The second-order valence-electron chi connectivity index (χ2n) is 10.9. The van der Waals surface area contributed by atoms with Gasteiger partial charge in [-0.1, -0.05) is 49.7 Å². The zero-order valence-electron chi connectivity index (χ0n) is 22.6. The number of hydrogen-bond donors (Lipinski definition) is 1. The zero-order chi connectivity index (χ0) is 28.0. The van der Waals surface area contributed by atoms with Gasteiger partial charge in [0, 0.05) is 20.1 Å². The Kier molecular flexibility index (Phi) is 7.81. The Bertz CT molecular complexity index is 1140. The van der Waals surface area contributed by atoms with Gasteiger partial charge in [-0.2, -0.15) is 0 Å². The first-order chi connectivity index (χ1) is 18.0. The van der Waals surface area contributed by atoms with E-state index in [9.17, 15) is 19.5 Å². The Morgan fingerprint density at radius 2 is 1.92 bits per heavy atom. The molecule has 3 unspecified atom stereocenters. The average molecular weight is 544 g/mol. The molecule has 2 bridgehead atoms. The highest BCUT2D eigenvalue weighted by Gasteiger charge is 2.80. The third-order valence-electron chi connectivity index (χ3n) is 8.83. The first-order valence-corrected chi connectivity index (χ1v) is 13.6. The summed E-state index contributed by atoms with van der Waals surface area (Å²) in [6, 6.07) is 5.36. The minimum absolute atomic E-state index is 0.0877. The van der Waals surface area contributed by atoms with Crippen LogP contribution in [0.3, 0.4) is 0 Å². The van der Waals surface area contributed by atoms with Crippen LogP contribution >= 0.6 is 11.6 Å². The van der Waals surface area contributed by atoms with Gasteiger partial charge < -0.3 is 24.5 Å². The number of rotatable bonds is 10. The van der Waals surface area contributed by atoms with Crippen LogP contribution in [0.1, 0.15) is 33.6 Å². The number of benzene rings is 1. The summed E-state index contributed by atoms with van der Waals surface area (Å²) in [5, 5.41) is 10.7. The quantitative estimate of drug-likeness (QED) is 0.457. The summed E-state index contributed by atoms with van der Waals surface area (Å²) in [5.41, 5.74) is -1.65. The van der Waals surface area contributed by atoms with E-state index < -0.39 is 35.1 Å². The first-order valence-electron chi connectivity index (χ1n) is 13.2. The maximum atomic E-state index is 14.6. The number of aliphatic hydroxyl groups excluding tert-OH is 1. The Morgan fingerprint density at radius 1 is 1.26 bits per heavy atom. The number of nitrogens with zero attached hydrogens (tertiary/aromatic N) is 3. The topological polar surface area (TPSA) is 90.4 Å². The van der Waals surface area contributed by atoms with E-state index in [1.165, 1.54) is 9.80 Å². The monoisotopic (exact) mass is 543 g/mol. The van der Waals surface area contributed by atoms with E-state index in [1.807, 2.05) is 20.8 Å². The fourth-order valence-electron chi connectivity index (χ4n) is 6.91. The maximum Gasteiger partial charge on any atom is 0.253 e. The summed E-state index contributed by atoms with van der Waals surface area (Å²) in [7, 11) is 1.68. The number of likely N-dealkylation sites (tertiary alicyclic amines) is 1. The number of hydrogen-bond acceptors (Lipinski definition) is 5. The number of amides is 3. The lowest BCUT2D eigenvalue weighted by molar-refractivity contribution is -0.153. The molecule has 1 aromatic carbocycles. The lowest BCUT2D eigenvalue weighted by atomic mass is 9.62. The average Bonchev–Trinajstić information content (AvgIpc) is 3.40. The number of aliphatic hydroxyl groups is 1. The third kappa shape index (κ3) is 4.00. The molecule has 3 saturated heterocycles. The van der Waals surface area contributed by atoms with Crippen LogP contribution in [-0.2, 0) is 19.1 Å². The molecule has 38 heavy (non-hydrogen) atoms. The third-order valence-corrected chi connectivity index (χ3v) is 9.15. The van der Waals surface area contributed by atoms with Crippen molar-refractivity contribution in [2.75, 3.05) is 31.6 Å². The molecule has 1 N–H and O–H groups in total. The Balaban J connectivity index is 1.89. The van der Waals surface area contributed by atoms with Gasteiger partial charge in [0.25, 0.3) is 5.91 Å². The second-order valence-corrected chi connectivity index (χ2v) is 11.3. The molecule has 7 atom stereocenters. The van der Waals surface area contributed by atoms with Crippen LogP contribution in [-0.4, -0.2) is 82.7 Å². The van der Waals surface area contributed by atoms with E-state index >= 15 is 0 Å². The van der Waals surface area contributed by atoms with Crippen molar-refractivity contribution in [1.29, 1.82) is 0 Å². The summed E-state index contributed by atoms with van der Waals surface area (Å²) in [4.78, 5) is 47.3. The summed E-state index contributed by atoms with van der Waals surface area (Å²) in [5.74, 6) is -2.62. The van der Waals surface area contributed by atoms with E-state index in [2.05, 4.69) is 13.2 Å². The molecule has 8 nitrogen and oxygen atoms in total. The molecular weight excluding hydrogens is 506 g/mol. The van der Waals surface area contributed by atoms with Crippen LogP contribution in [0.4, 0.5) is 5.69 Å². The number of ether oxygens (including phenoxy) is 1. The van der Waals surface area contributed by atoms with Crippen LogP contribution in [0.15, 0.2) is 49.6 Å². The molecule has 3 heterocycles. The molecule has 9 heteroatoms. The van der Waals surface area contributed by atoms with Gasteiger partial charge in [-0.3, -0.25) is 14.4 Å².